The van der Waals surface area contributed by atoms with Gasteiger partial charge in [-0.1, -0.05) is 104 Å². The Bertz CT molecular complexity index is 2650. The number of benzene rings is 6. The number of aryl methyl sites for hydroxylation is 1. The van der Waals surface area contributed by atoms with Crippen molar-refractivity contribution in [2.45, 2.75) is 18.8 Å². The maximum Gasteiger partial charge on any atom is 0.508 e. The van der Waals surface area contributed by atoms with Crippen LogP contribution in [-0.4, -0.2) is 79.2 Å². The Labute approximate surface area is 415 Å². The molecule has 0 fully saturated rings. The molecule has 0 saturated carbocycles. The third kappa shape index (κ3) is 18.4. The van der Waals surface area contributed by atoms with Crippen LogP contribution in [0.2, 0.25) is 0 Å². The third-order valence-electron chi connectivity index (χ3n) is 10.5. The number of ether oxygens (including phenoxy) is 4. The molecule has 0 aliphatic rings. The van der Waals surface area contributed by atoms with E-state index < -0.39 is 28.4 Å². The molecule has 71 heavy (non-hydrogen) atoms. The maximum atomic E-state index is 11.9. The van der Waals surface area contributed by atoms with Crippen LogP contribution >= 0.6 is 0 Å². The summed E-state index contributed by atoms with van der Waals surface area (Å²) in [5.74, 6) is -1.13. The molecule has 6 aromatic carbocycles. The summed E-state index contributed by atoms with van der Waals surface area (Å²) in [6.45, 7) is 8.98. The Kier molecular flexibility index (Phi) is 21.1. The highest BCUT2D eigenvalue weighted by molar-refractivity contribution is 7.84. The molecule has 9 N–H and O–H groups in total. The Hall–Kier alpha value is -8.12. The van der Waals surface area contributed by atoms with Gasteiger partial charge in [-0.15, -0.1) is 0 Å². The maximum absolute atomic E-state index is 11.9. The van der Waals surface area contributed by atoms with Crippen molar-refractivity contribution in [1.82, 2.24) is 4.72 Å². The third-order valence-corrected chi connectivity index (χ3v) is 11.6. The van der Waals surface area contributed by atoms with Gasteiger partial charge in [-0.25, -0.2) is 14.4 Å². The highest BCUT2D eigenvalue weighted by Crippen LogP contribution is 2.35. The Morgan fingerprint density at radius 1 is 0.479 bits per heavy atom. The first-order chi connectivity index (χ1) is 34.2. The molecule has 0 heterocycles. The lowest BCUT2D eigenvalue weighted by Gasteiger charge is -2.20. The van der Waals surface area contributed by atoms with E-state index in [0.29, 0.717) is 17.9 Å². The predicted molar refractivity (Wildman–Crippen MR) is 278 cm³/mol. The molecule has 0 spiro atoms. The van der Waals surface area contributed by atoms with Gasteiger partial charge in [-0.2, -0.15) is 13.1 Å². The Morgan fingerprint density at radius 3 is 1.21 bits per heavy atom. The highest BCUT2D eigenvalue weighted by atomic mass is 32.2. The minimum atomic E-state index is -3.94. The van der Waals surface area contributed by atoms with Crippen molar-refractivity contribution in [3.8, 4) is 0 Å². The van der Waals surface area contributed by atoms with E-state index >= 15 is 0 Å². The monoisotopic (exact) mass is 984 g/mol. The molecule has 1 atom stereocenters. The lowest BCUT2D eigenvalue weighted by molar-refractivity contribution is -0.139. The summed E-state index contributed by atoms with van der Waals surface area (Å²) in [6.07, 6.45) is 1.21. The lowest BCUT2D eigenvalue weighted by Crippen LogP contribution is -2.30. The van der Waals surface area contributed by atoms with Crippen molar-refractivity contribution in [3.05, 3.63) is 210 Å². The fourth-order valence-corrected chi connectivity index (χ4v) is 7.75. The van der Waals surface area contributed by atoms with E-state index in [1.807, 2.05) is 109 Å². The Balaban J connectivity index is 0.000000264. The summed E-state index contributed by atoms with van der Waals surface area (Å²) < 4.78 is 50.0. The van der Waals surface area contributed by atoms with Gasteiger partial charge < -0.3 is 46.8 Å². The number of hydrogen-bond acceptors (Lipinski definition) is 15. The van der Waals surface area contributed by atoms with E-state index in [0.717, 1.165) is 57.0 Å². The Morgan fingerprint density at radius 2 is 0.803 bits per heavy atom. The van der Waals surface area contributed by atoms with Crippen molar-refractivity contribution in [1.29, 1.82) is 0 Å². The molecule has 0 aliphatic carbocycles. The number of nitrogens with one attached hydrogen (secondary N) is 3. The molecular formula is C54H60N6O10S. The van der Waals surface area contributed by atoms with E-state index in [9.17, 15) is 22.8 Å². The molecule has 0 aromatic heterocycles. The van der Waals surface area contributed by atoms with E-state index in [1.165, 1.54) is 11.1 Å². The number of nitrogen functional groups attached to an aromatic ring is 3. The van der Waals surface area contributed by atoms with E-state index in [1.54, 1.807) is 0 Å². The molecule has 0 aliphatic heterocycles. The second-order valence-electron chi connectivity index (χ2n) is 15.7. The molecule has 6 rings (SSSR count). The van der Waals surface area contributed by atoms with Gasteiger partial charge in [0.25, 0.3) is 0 Å². The number of carbonyl (C=O) groups is 3. The van der Waals surface area contributed by atoms with Crippen LogP contribution in [0.3, 0.4) is 0 Å². The summed E-state index contributed by atoms with van der Waals surface area (Å²) in [4.78, 5) is 33.4. The molecule has 0 bridgehead atoms. The van der Waals surface area contributed by atoms with Gasteiger partial charge in [0.1, 0.15) is 26.4 Å². The number of hydrogen-bond donors (Lipinski definition) is 6. The molecule has 372 valence electrons. The first kappa shape index (κ1) is 53.8. The van der Waals surface area contributed by atoms with Gasteiger partial charge in [0, 0.05) is 72.1 Å². The number of anilines is 5. The van der Waals surface area contributed by atoms with Crippen molar-refractivity contribution in [2.75, 3.05) is 80.5 Å². The number of nitrogens with two attached hydrogens (primary N) is 3. The SMILES string of the molecule is C=CC(=O)OCCNS(=O)(=O)OCCNc1ccc(C(c2ccc(C)cc2)c2ccc(N)cc2)cc1.C=CC(=O)OCCOC(=O)OCCNc1ccc(C(c2ccc(N)cc2)c2ccc(N)cc2)cc1. The van der Waals surface area contributed by atoms with Crippen LogP contribution in [0.25, 0.3) is 0 Å². The number of esters is 2. The largest absolute Gasteiger partial charge is 0.508 e. The van der Waals surface area contributed by atoms with Crippen LogP contribution in [-0.2, 0) is 43.0 Å². The average molecular weight is 985 g/mol. The van der Waals surface area contributed by atoms with Crippen molar-refractivity contribution >= 4 is 56.8 Å². The summed E-state index contributed by atoms with van der Waals surface area (Å²) >= 11 is 0. The van der Waals surface area contributed by atoms with E-state index in [4.69, 9.17) is 40.3 Å². The van der Waals surface area contributed by atoms with Gasteiger partial charge >= 0.3 is 28.4 Å². The first-order valence-electron chi connectivity index (χ1n) is 22.6. The minimum Gasteiger partial charge on any atom is -0.461 e. The minimum absolute atomic E-state index is 0.0223. The predicted octanol–water partition coefficient (Wildman–Crippen LogP) is 8.08. The summed E-state index contributed by atoms with van der Waals surface area (Å²) in [7, 11) is -3.94. The van der Waals surface area contributed by atoms with Gasteiger partial charge in [-0.3, -0.25) is 4.18 Å². The molecule has 0 amide bonds. The van der Waals surface area contributed by atoms with Gasteiger partial charge in [0.15, 0.2) is 0 Å². The molecule has 17 heteroatoms. The second-order valence-corrected chi connectivity index (χ2v) is 17.2. The van der Waals surface area contributed by atoms with Gasteiger partial charge in [0.05, 0.1) is 6.61 Å². The van der Waals surface area contributed by atoms with Crippen LogP contribution < -0.4 is 32.6 Å². The molecule has 0 saturated heterocycles. The smallest absolute Gasteiger partial charge is 0.461 e. The zero-order chi connectivity index (χ0) is 51.0. The van der Waals surface area contributed by atoms with Crippen LogP contribution in [0.4, 0.5) is 33.2 Å². The number of rotatable bonds is 24. The molecule has 16 nitrogen and oxygen atoms in total. The molecular weight excluding hydrogens is 925 g/mol. The van der Waals surface area contributed by atoms with E-state index in [-0.39, 0.29) is 58.0 Å². The van der Waals surface area contributed by atoms with E-state index in [2.05, 4.69) is 71.8 Å². The normalized spacial score (nSPS) is 11.2. The highest BCUT2D eigenvalue weighted by Gasteiger charge is 2.19. The summed E-state index contributed by atoms with van der Waals surface area (Å²) in [5, 5.41) is 6.36. The van der Waals surface area contributed by atoms with Crippen LogP contribution in [0.15, 0.2) is 171 Å². The first-order valence-corrected chi connectivity index (χ1v) is 24.0. The van der Waals surface area contributed by atoms with Gasteiger partial charge in [0.2, 0.25) is 0 Å². The molecule has 1 unspecified atom stereocenters. The summed E-state index contributed by atoms with van der Waals surface area (Å²) in [5.41, 5.74) is 29.5. The van der Waals surface area contributed by atoms with Crippen LogP contribution in [0.5, 0.6) is 0 Å². The second kappa shape index (κ2) is 27.8. The van der Waals surface area contributed by atoms with Crippen LogP contribution in [0, 0.1) is 6.92 Å². The zero-order valence-corrected chi connectivity index (χ0v) is 40.3. The number of carbonyl (C=O) groups excluding carboxylic acids is 3. The fraction of sp³-hybridized carbons (Fsp3) is 0.204. The van der Waals surface area contributed by atoms with Crippen molar-refractivity contribution in [2.24, 2.45) is 0 Å². The average Bonchev–Trinajstić information content (AvgIpc) is 3.37. The van der Waals surface area contributed by atoms with Crippen molar-refractivity contribution in [3.63, 3.8) is 0 Å². The van der Waals surface area contributed by atoms with Crippen molar-refractivity contribution < 1.29 is 45.9 Å². The van der Waals surface area contributed by atoms with Gasteiger partial charge in [-0.05, 0) is 101 Å². The molecule has 0 radical (unpaired) electrons. The fourth-order valence-electron chi connectivity index (χ4n) is 7.03. The standard InChI is InChI=1S/C27H31N3O5S.C27H29N3O5/c1-3-26(31)34-18-17-30-36(32,33)35-19-16-29-25-14-10-23(11-15-25)27(21-6-4-20(2)5-7-21)22-8-12-24(28)13-9-22;1-2-25(31)33-17-18-35-27(32)34-16-15-30-24-13-7-21(8-14-24)26(19-3-9-22(28)10-4-19)20-5-11-23(29)12-6-20/h3-15,27,29-30H,1,16-19,28H2,2H3;2-14,26,30H,1,15-18,28-29H2. The molecule has 6 aromatic rings. The topological polar surface area (TPSA) is 246 Å². The quantitative estimate of drug-likeness (QED) is 0.00838. The zero-order valence-electron chi connectivity index (χ0n) is 39.5. The lowest BCUT2D eigenvalue weighted by atomic mass is 9.85. The summed E-state index contributed by atoms with van der Waals surface area (Å²) in [6, 6.07) is 48.2. The van der Waals surface area contributed by atoms with Crippen LogP contribution in [0.1, 0.15) is 50.8 Å².